The van der Waals surface area contributed by atoms with Crippen molar-refractivity contribution in [2.24, 2.45) is 0 Å². The first-order valence-corrected chi connectivity index (χ1v) is 7.94. The molecule has 1 aromatic heterocycles. The molecule has 2 aromatic rings. The molecule has 0 spiro atoms. The third-order valence-corrected chi connectivity index (χ3v) is 3.29. The number of ether oxygens (including phenoxy) is 2. The van der Waals surface area contributed by atoms with Crippen molar-refractivity contribution >= 4 is 12.1 Å². The van der Waals surface area contributed by atoms with Gasteiger partial charge < -0.3 is 14.8 Å². The van der Waals surface area contributed by atoms with Gasteiger partial charge in [-0.3, -0.25) is 0 Å². The first-order chi connectivity index (χ1) is 11.8. The number of carbonyl (C=O) groups excluding carboxylic acids is 2. The molecule has 0 fully saturated rings. The molecular formula is C18H23N3O4. The molecule has 0 atom stereocenters. The maximum absolute atomic E-state index is 12.1. The van der Waals surface area contributed by atoms with Gasteiger partial charge in [-0.15, -0.1) is 0 Å². The maximum atomic E-state index is 12.1. The molecule has 1 aromatic carbocycles. The minimum atomic E-state index is -0.562. The predicted molar refractivity (Wildman–Crippen MR) is 92.2 cm³/mol. The van der Waals surface area contributed by atoms with Gasteiger partial charge in [-0.25, -0.2) is 19.1 Å². The van der Waals surface area contributed by atoms with E-state index in [0.29, 0.717) is 24.5 Å². The highest BCUT2D eigenvalue weighted by Crippen LogP contribution is 2.10. The fourth-order valence-corrected chi connectivity index (χ4v) is 2.14. The summed E-state index contributed by atoms with van der Waals surface area (Å²) in [6, 6.07) is 7.12. The van der Waals surface area contributed by atoms with Gasteiger partial charge in [0, 0.05) is 18.9 Å². The van der Waals surface area contributed by atoms with E-state index in [9.17, 15) is 9.59 Å². The van der Waals surface area contributed by atoms with Crippen molar-refractivity contribution in [3.05, 3.63) is 53.6 Å². The van der Waals surface area contributed by atoms with Gasteiger partial charge in [0.2, 0.25) is 0 Å². The van der Waals surface area contributed by atoms with Crippen LogP contribution in [0, 0.1) is 0 Å². The Balaban J connectivity index is 1.91. The second-order valence-corrected chi connectivity index (χ2v) is 6.49. The maximum Gasteiger partial charge on any atom is 0.420 e. The zero-order valence-electron chi connectivity index (χ0n) is 14.9. The van der Waals surface area contributed by atoms with E-state index in [0.717, 1.165) is 5.56 Å². The summed E-state index contributed by atoms with van der Waals surface area (Å²) in [5.41, 5.74) is 0.947. The first kappa shape index (κ1) is 18.7. The SMILES string of the molecule is COC(=O)c1ccc(CNCc2nccn2C(=O)OC(C)(C)C)cc1. The summed E-state index contributed by atoms with van der Waals surface area (Å²) in [6.45, 7) is 6.43. The Labute approximate surface area is 147 Å². The Bertz CT molecular complexity index is 730. The first-order valence-electron chi connectivity index (χ1n) is 7.94. The number of methoxy groups -OCH3 is 1. The Morgan fingerprint density at radius 2 is 1.84 bits per heavy atom. The van der Waals surface area contributed by atoms with Crippen LogP contribution in [0.25, 0.3) is 0 Å². The zero-order chi connectivity index (χ0) is 18.4. The number of esters is 1. The van der Waals surface area contributed by atoms with Crippen LogP contribution in [-0.4, -0.2) is 34.3 Å². The number of aromatic nitrogens is 2. The molecule has 0 radical (unpaired) electrons. The molecule has 1 heterocycles. The van der Waals surface area contributed by atoms with Gasteiger partial charge in [-0.1, -0.05) is 12.1 Å². The highest BCUT2D eigenvalue weighted by Gasteiger charge is 2.19. The van der Waals surface area contributed by atoms with E-state index in [-0.39, 0.29) is 5.97 Å². The lowest BCUT2D eigenvalue weighted by molar-refractivity contribution is 0.0530. The van der Waals surface area contributed by atoms with E-state index in [4.69, 9.17) is 4.74 Å². The molecule has 0 unspecified atom stereocenters. The summed E-state index contributed by atoms with van der Waals surface area (Å²) in [5.74, 6) is 0.208. The Morgan fingerprint density at radius 1 is 1.16 bits per heavy atom. The Morgan fingerprint density at radius 3 is 2.44 bits per heavy atom. The molecule has 0 aliphatic rings. The summed E-state index contributed by atoms with van der Waals surface area (Å²) >= 11 is 0. The molecule has 7 nitrogen and oxygen atoms in total. The van der Waals surface area contributed by atoms with E-state index in [1.807, 2.05) is 32.9 Å². The van der Waals surface area contributed by atoms with Crippen molar-refractivity contribution in [2.45, 2.75) is 39.5 Å². The quantitative estimate of drug-likeness (QED) is 0.839. The number of rotatable bonds is 5. The van der Waals surface area contributed by atoms with Crippen LogP contribution in [0.5, 0.6) is 0 Å². The smallest absolute Gasteiger partial charge is 0.420 e. The summed E-state index contributed by atoms with van der Waals surface area (Å²) in [6.07, 6.45) is 2.69. The van der Waals surface area contributed by atoms with E-state index < -0.39 is 11.7 Å². The molecule has 0 saturated carbocycles. The van der Waals surface area contributed by atoms with Gasteiger partial charge in [0.15, 0.2) is 0 Å². The van der Waals surface area contributed by atoms with Gasteiger partial charge in [0.05, 0.1) is 19.2 Å². The second-order valence-electron chi connectivity index (χ2n) is 6.49. The number of benzene rings is 1. The van der Waals surface area contributed by atoms with Gasteiger partial charge >= 0.3 is 12.1 Å². The summed E-state index contributed by atoms with van der Waals surface area (Å²) < 4.78 is 11.4. The van der Waals surface area contributed by atoms with Gasteiger partial charge in [0.1, 0.15) is 11.4 Å². The molecule has 0 aliphatic heterocycles. The molecule has 0 bridgehead atoms. The highest BCUT2D eigenvalue weighted by molar-refractivity contribution is 5.89. The zero-order valence-corrected chi connectivity index (χ0v) is 14.9. The molecule has 0 aliphatic carbocycles. The van der Waals surface area contributed by atoms with Crippen LogP contribution in [0.1, 0.15) is 42.5 Å². The Hall–Kier alpha value is -2.67. The van der Waals surface area contributed by atoms with Crippen molar-refractivity contribution < 1.29 is 19.1 Å². The van der Waals surface area contributed by atoms with Crippen molar-refractivity contribution in [1.29, 1.82) is 0 Å². The van der Waals surface area contributed by atoms with Crippen LogP contribution in [0.4, 0.5) is 4.79 Å². The minimum absolute atomic E-state index is 0.362. The van der Waals surface area contributed by atoms with E-state index in [1.54, 1.807) is 24.5 Å². The number of imidazole rings is 1. The lowest BCUT2D eigenvalue weighted by atomic mass is 10.1. The summed E-state index contributed by atoms with van der Waals surface area (Å²) in [4.78, 5) is 27.7. The van der Waals surface area contributed by atoms with Crippen LogP contribution in [0.3, 0.4) is 0 Å². The van der Waals surface area contributed by atoms with Gasteiger partial charge in [-0.05, 0) is 38.5 Å². The topological polar surface area (TPSA) is 82.5 Å². The normalized spacial score (nSPS) is 11.2. The average Bonchev–Trinajstić information content (AvgIpc) is 3.02. The van der Waals surface area contributed by atoms with Crippen molar-refractivity contribution in [2.75, 3.05) is 7.11 Å². The number of nitrogens with zero attached hydrogens (tertiary/aromatic N) is 2. The fraction of sp³-hybridized carbons (Fsp3) is 0.389. The molecule has 0 amide bonds. The van der Waals surface area contributed by atoms with Crippen molar-refractivity contribution in [1.82, 2.24) is 14.9 Å². The lowest BCUT2D eigenvalue weighted by Gasteiger charge is -2.20. The number of nitrogens with one attached hydrogen (secondary N) is 1. The minimum Gasteiger partial charge on any atom is -0.465 e. The van der Waals surface area contributed by atoms with Crippen LogP contribution < -0.4 is 5.32 Å². The summed E-state index contributed by atoms with van der Waals surface area (Å²) in [7, 11) is 1.35. The van der Waals surface area contributed by atoms with Crippen molar-refractivity contribution in [3.63, 3.8) is 0 Å². The van der Waals surface area contributed by atoms with Crippen LogP contribution >= 0.6 is 0 Å². The van der Waals surface area contributed by atoms with Crippen LogP contribution in [0.15, 0.2) is 36.7 Å². The molecule has 2 rings (SSSR count). The third-order valence-electron chi connectivity index (χ3n) is 3.29. The van der Waals surface area contributed by atoms with Gasteiger partial charge in [-0.2, -0.15) is 0 Å². The highest BCUT2D eigenvalue weighted by atomic mass is 16.6. The molecule has 7 heteroatoms. The van der Waals surface area contributed by atoms with E-state index in [1.165, 1.54) is 11.7 Å². The predicted octanol–water partition coefficient (Wildman–Crippen LogP) is 2.74. The largest absolute Gasteiger partial charge is 0.465 e. The standard InChI is InChI=1S/C18H23N3O4/c1-18(2,3)25-17(23)21-10-9-20-15(21)12-19-11-13-5-7-14(8-6-13)16(22)24-4/h5-10,19H,11-12H2,1-4H3. The number of hydrogen-bond donors (Lipinski definition) is 1. The molecule has 134 valence electrons. The Kier molecular flexibility index (Phi) is 5.93. The van der Waals surface area contributed by atoms with Crippen LogP contribution in [-0.2, 0) is 22.6 Å². The molecule has 0 saturated heterocycles. The third kappa shape index (κ3) is 5.42. The molecule has 1 N–H and O–H groups in total. The average molecular weight is 345 g/mol. The molecular weight excluding hydrogens is 322 g/mol. The second kappa shape index (κ2) is 7.94. The molecule has 25 heavy (non-hydrogen) atoms. The fourth-order valence-electron chi connectivity index (χ4n) is 2.14. The van der Waals surface area contributed by atoms with E-state index >= 15 is 0 Å². The lowest BCUT2D eigenvalue weighted by Crippen LogP contribution is -2.29. The monoisotopic (exact) mass is 345 g/mol. The van der Waals surface area contributed by atoms with Gasteiger partial charge in [0.25, 0.3) is 0 Å². The number of carbonyl (C=O) groups is 2. The van der Waals surface area contributed by atoms with E-state index in [2.05, 4.69) is 15.0 Å². The summed E-state index contributed by atoms with van der Waals surface area (Å²) in [5, 5.41) is 3.22. The number of hydrogen-bond acceptors (Lipinski definition) is 6. The van der Waals surface area contributed by atoms with Crippen LogP contribution in [0.2, 0.25) is 0 Å². The van der Waals surface area contributed by atoms with Crippen molar-refractivity contribution in [3.8, 4) is 0 Å².